The van der Waals surface area contributed by atoms with Gasteiger partial charge in [0, 0.05) is 11.3 Å². The summed E-state index contributed by atoms with van der Waals surface area (Å²) in [5.41, 5.74) is 0.449. The second-order valence-corrected chi connectivity index (χ2v) is 4.11. The summed E-state index contributed by atoms with van der Waals surface area (Å²) in [7, 11) is 0. The molecule has 0 unspecified atom stereocenters. The van der Waals surface area contributed by atoms with E-state index < -0.39 is 16.8 Å². The molecule has 0 saturated heterocycles. The van der Waals surface area contributed by atoms with E-state index in [-0.39, 0.29) is 12.5 Å². The Morgan fingerprint density at radius 1 is 1.18 bits per heavy atom. The number of amides is 1. The van der Waals surface area contributed by atoms with E-state index in [1.54, 1.807) is 30.3 Å². The zero-order valence-electron chi connectivity index (χ0n) is 8.84. The molecule has 0 aromatic heterocycles. The van der Waals surface area contributed by atoms with Gasteiger partial charge in [-0.05, 0) is 12.1 Å². The third-order valence-electron chi connectivity index (χ3n) is 1.78. The molecule has 0 radical (unpaired) electrons. The van der Waals surface area contributed by atoms with Crippen molar-refractivity contribution in [2.45, 2.75) is 0 Å². The van der Waals surface area contributed by atoms with Crippen LogP contribution in [-0.4, -0.2) is 29.3 Å². The molecule has 6 heteroatoms. The quantitative estimate of drug-likeness (QED) is 0.758. The number of carboxylic acids is 1. The summed E-state index contributed by atoms with van der Waals surface area (Å²) in [6, 6.07) is 8.43. The summed E-state index contributed by atoms with van der Waals surface area (Å²) in [5, 5.41) is 12.1. The Hall–Kier alpha value is -1.82. The van der Waals surface area contributed by atoms with Gasteiger partial charge < -0.3 is 15.2 Å². The van der Waals surface area contributed by atoms with Crippen molar-refractivity contribution in [3.05, 3.63) is 35.9 Å². The molecule has 0 bridgehead atoms. The number of thioether (sulfide) groups is 1. The van der Waals surface area contributed by atoms with E-state index in [1.165, 1.54) is 0 Å². The smallest absolute Gasteiger partial charge is 0.251 e. The molecule has 0 aliphatic carbocycles. The number of benzene rings is 1. The monoisotopic (exact) mass is 252 g/mol. The zero-order valence-corrected chi connectivity index (χ0v) is 9.66. The lowest BCUT2D eigenvalue weighted by atomic mass is 10.2. The number of nitrogens with one attached hydrogen (secondary N) is 1. The van der Waals surface area contributed by atoms with E-state index in [0.29, 0.717) is 17.3 Å². The number of carbonyl (C=O) groups excluding carboxylic acids is 3. The molecule has 0 aliphatic rings. The van der Waals surface area contributed by atoms with E-state index in [4.69, 9.17) is 0 Å². The van der Waals surface area contributed by atoms with Crippen LogP contribution in [0.4, 0.5) is 0 Å². The summed E-state index contributed by atoms with van der Waals surface area (Å²) >= 11 is 0.606. The molecule has 5 nitrogen and oxygen atoms in total. The highest BCUT2D eigenvalue weighted by atomic mass is 32.2. The SMILES string of the molecule is O=C([O-])CSC(=O)CNC(=O)c1ccccc1. The van der Waals surface area contributed by atoms with Crippen molar-refractivity contribution in [1.29, 1.82) is 0 Å². The van der Waals surface area contributed by atoms with Crippen molar-refractivity contribution in [3.63, 3.8) is 0 Å². The average Bonchev–Trinajstić information content (AvgIpc) is 2.34. The molecule has 1 amide bonds. The van der Waals surface area contributed by atoms with Crippen molar-refractivity contribution < 1.29 is 19.5 Å². The van der Waals surface area contributed by atoms with E-state index >= 15 is 0 Å². The molecule has 17 heavy (non-hydrogen) atoms. The van der Waals surface area contributed by atoms with Gasteiger partial charge in [0.25, 0.3) is 5.91 Å². The van der Waals surface area contributed by atoms with Gasteiger partial charge in [0.15, 0.2) is 0 Å². The van der Waals surface area contributed by atoms with Crippen LogP contribution >= 0.6 is 11.8 Å². The van der Waals surface area contributed by atoms with E-state index in [1.807, 2.05) is 0 Å². The molecule has 0 fully saturated rings. The van der Waals surface area contributed by atoms with Crippen LogP contribution in [0.25, 0.3) is 0 Å². The Morgan fingerprint density at radius 2 is 1.82 bits per heavy atom. The molecule has 0 spiro atoms. The summed E-state index contributed by atoms with van der Waals surface area (Å²) in [5.74, 6) is -2.08. The Kier molecular flexibility index (Phi) is 5.22. The zero-order chi connectivity index (χ0) is 12.7. The van der Waals surface area contributed by atoms with Crippen molar-refractivity contribution in [2.24, 2.45) is 0 Å². The molecular formula is C11H10NO4S-. The first-order chi connectivity index (χ1) is 8.09. The lowest BCUT2D eigenvalue weighted by Crippen LogP contribution is -2.30. The van der Waals surface area contributed by atoms with Crippen molar-refractivity contribution in [2.75, 3.05) is 12.3 Å². The fourth-order valence-electron chi connectivity index (χ4n) is 1.03. The van der Waals surface area contributed by atoms with Gasteiger partial charge in [-0.15, -0.1) is 0 Å². The minimum absolute atomic E-state index is 0.203. The Morgan fingerprint density at radius 3 is 2.41 bits per heavy atom. The largest absolute Gasteiger partial charge is 0.549 e. The van der Waals surface area contributed by atoms with Crippen molar-refractivity contribution in [1.82, 2.24) is 5.32 Å². The van der Waals surface area contributed by atoms with Crippen LogP contribution in [0.5, 0.6) is 0 Å². The van der Waals surface area contributed by atoms with Gasteiger partial charge in [-0.1, -0.05) is 30.0 Å². The normalized spacial score (nSPS) is 9.65. The maximum atomic E-state index is 11.5. The van der Waals surface area contributed by atoms with Crippen molar-refractivity contribution >= 4 is 28.8 Å². The van der Waals surface area contributed by atoms with Crippen LogP contribution in [0.2, 0.25) is 0 Å². The first kappa shape index (κ1) is 13.2. The third-order valence-corrected chi connectivity index (χ3v) is 2.63. The number of hydrogen-bond donors (Lipinski definition) is 1. The lowest BCUT2D eigenvalue weighted by Gasteiger charge is -2.04. The average molecular weight is 252 g/mol. The molecule has 1 aromatic rings. The van der Waals surface area contributed by atoms with Gasteiger partial charge in [0.05, 0.1) is 12.5 Å². The fraction of sp³-hybridized carbons (Fsp3) is 0.182. The number of rotatable bonds is 5. The predicted octanol–water partition coefficient (Wildman–Crippen LogP) is -0.574. The number of carbonyl (C=O) groups is 3. The predicted molar refractivity (Wildman–Crippen MR) is 61.2 cm³/mol. The molecule has 0 aliphatic heterocycles. The van der Waals surface area contributed by atoms with E-state index in [2.05, 4.69) is 5.32 Å². The van der Waals surface area contributed by atoms with Gasteiger partial charge in [-0.25, -0.2) is 0 Å². The van der Waals surface area contributed by atoms with Gasteiger partial charge in [-0.2, -0.15) is 0 Å². The Balaban J connectivity index is 2.34. The van der Waals surface area contributed by atoms with Crippen LogP contribution in [0.15, 0.2) is 30.3 Å². The molecule has 0 atom stereocenters. The molecule has 90 valence electrons. The molecular weight excluding hydrogens is 242 g/mol. The minimum atomic E-state index is -1.31. The highest BCUT2D eigenvalue weighted by Gasteiger charge is 2.07. The van der Waals surface area contributed by atoms with Crippen LogP contribution in [0.1, 0.15) is 10.4 Å². The summed E-state index contributed by atoms with van der Waals surface area (Å²) < 4.78 is 0. The van der Waals surface area contributed by atoms with E-state index in [0.717, 1.165) is 0 Å². The van der Waals surface area contributed by atoms with Gasteiger partial charge in [0.1, 0.15) is 0 Å². The van der Waals surface area contributed by atoms with Crippen LogP contribution in [-0.2, 0) is 9.59 Å². The van der Waals surface area contributed by atoms with Gasteiger partial charge in [-0.3, -0.25) is 9.59 Å². The summed E-state index contributed by atoms with van der Waals surface area (Å²) in [6.45, 7) is -0.203. The highest BCUT2D eigenvalue weighted by Crippen LogP contribution is 2.01. The molecule has 0 saturated carbocycles. The standard InChI is InChI=1S/C11H11NO4S/c13-9(14)7-17-10(15)6-12-11(16)8-4-2-1-3-5-8/h1-5H,6-7H2,(H,12,16)(H,13,14)/p-1. The van der Waals surface area contributed by atoms with Gasteiger partial charge >= 0.3 is 0 Å². The summed E-state index contributed by atoms with van der Waals surface area (Å²) in [4.78, 5) is 32.7. The molecule has 1 aromatic carbocycles. The highest BCUT2D eigenvalue weighted by molar-refractivity contribution is 8.14. The number of aliphatic carboxylic acids is 1. The van der Waals surface area contributed by atoms with Crippen LogP contribution in [0.3, 0.4) is 0 Å². The van der Waals surface area contributed by atoms with Gasteiger partial charge in [0.2, 0.25) is 5.12 Å². The molecule has 0 heterocycles. The summed E-state index contributed by atoms with van der Waals surface area (Å²) in [6.07, 6.45) is 0. The topological polar surface area (TPSA) is 86.3 Å². The Bertz CT molecular complexity index is 419. The second kappa shape index (κ2) is 6.70. The maximum Gasteiger partial charge on any atom is 0.251 e. The van der Waals surface area contributed by atoms with E-state index in [9.17, 15) is 19.5 Å². The van der Waals surface area contributed by atoms with Crippen molar-refractivity contribution in [3.8, 4) is 0 Å². The van der Waals surface area contributed by atoms with Crippen LogP contribution in [0, 0.1) is 0 Å². The molecule has 1 N–H and O–H groups in total. The minimum Gasteiger partial charge on any atom is -0.549 e. The first-order valence-corrected chi connectivity index (χ1v) is 5.77. The lowest BCUT2D eigenvalue weighted by molar-refractivity contribution is -0.301. The third kappa shape index (κ3) is 5.17. The van der Waals surface area contributed by atoms with Crippen LogP contribution < -0.4 is 10.4 Å². The second-order valence-electron chi connectivity index (χ2n) is 3.08. The first-order valence-electron chi connectivity index (χ1n) is 4.78. The molecule has 1 rings (SSSR count). The number of hydrogen-bond acceptors (Lipinski definition) is 5. The maximum absolute atomic E-state index is 11.5. The fourth-order valence-corrected chi connectivity index (χ4v) is 1.49. The number of carboxylic acid groups (broad SMARTS) is 1. The Labute approximate surface area is 102 Å².